The molecule has 0 aliphatic rings. The first-order valence-electron chi connectivity index (χ1n) is 8.69. The van der Waals surface area contributed by atoms with Gasteiger partial charge in [0.2, 0.25) is 0 Å². The molecule has 0 radical (unpaired) electrons. The van der Waals surface area contributed by atoms with Crippen molar-refractivity contribution in [3.8, 4) is 11.4 Å². The van der Waals surface area contributed by atoms with Crippen LogP contribution in [0.4, 0.5) is 11.5 Å². The highest BCUT2D eigenvalue weighted by atomic mass is 16.1. The van der Waals surface area contributed by atoms with E-state index in [1.807, 2.05) is 63.2 Å². The van der Waals surface area contributed by atoms with E-state index in [0.717, 1.165) is 11.3 Å². The number of aromatic amines is 1. The van der Waals surface area contributed by atoms with Gasteiger partial charge in [0.1, 0.15) is 11.2 Å². The van der Waals surface area contributed by atoms with E-state index < -0.39 is 0 Å². The number of nitrogens with one attached hydrogen (secondary N) is 2. The lowest BCUT2D eigenvalue weighted by Crippen LogP contribution is -2.24. The SMILES string of the molecule is CC(C)(C)n1nc(Nc2ccccc2)c2c(=O)[nH]c(-c3ccncc3)nc21. The second-order valence-electron chi connectivity index (χ2n) is 7.27. The van der Waals surface area contributed by atoms with E-state index in [1.165, 1.54) is 0 Å². The molecule has 0 spiro atoms. The second-order valence-corrected chi connectivity index (χ2v) is 7.27. The Morgan fingerprint density at radius 3 is 2.41 bits per heavy atom. The summed E-state index contributed by atoms with van der Waals surface area (Å²) in [6.07, 6.45) is 3.34. The summed E-state index contributed by atoms with van der Waals surface area (Å²) in [5, 5.41) is 8.34. The first-order valence-corrected chi connectivity index (χ1v) is 8.69. The molecule has 0 bridgehead atoms. The van der Waals surface area contributed by atoms with Crippen LogP contribution in [-0.4, -0.2) is 24.7 Å². The van der Waals surface area contributed by atoms with Gasteiger partial charge in [-0.15, -0.1) is 0 Å². The summed E-state index contributed by atoms with van der Waals surface area (Å²) >= 11 is 0. The Morgan fingerprint density at radius 2 is 1.74 bits per heavy atom. The molecule has 0 aliphatic heterocycles. The molecule has 0 amide bonds. The summed E-state index contributed by atoms with van der Waals surface area (Å²) in [6, 6.07) is 13.3. The number of hydrogen-bond donors (Lipinski definition) is 2. The molecule has 1 aromatic carbocycles. The molecule has 2 N–H and O–H groups in total. The molecule has 7 nitrogen and oxygen atoms in total. The number of benzene rings is 1. The number of H-pyrrole nitrogens is 1. The summed E-state index contributed by atoms with van der Waals surface area (Å²) in [4.78, 5) is 24.5. The molecule has 0 unspecified atom stereocenters. The maximum atomic E-state index is 12.9. The van der Waals surface area contributed by atoms with Crippen LogP contribution in [0.3, 0.4) is 0 Å². The average Bonchev–Trinajstić information content (AvgIpc) is 3.02. The van der Waals surface area contributed by atoms with Gasteiger partial charge in [0.15, 0.2) is 11.5 Å². The van der Waals surface area contributed by atoms with E-state index in [2.05, 4.69) is 20.4 Å². The summed E-state index contributed by atoms with van der Waals surface area (Å²) in [7, 11) is 0. The van der Waals surface area contributed by atoms with Gasteiger partial charge in [-0.2, -0.15) is 5.10 Å². The van der Waals surface area contributed by atoms with Crippen molar-refractivity contribution >= 4 is 22.5 Å². The number of nitrogens with zero attached hydrogens (tertiary/aromatic N) is 4. The lowest BCUT2D eigenvalue weighted by Gasteiger charge is -2.19. The highest BCUT2D eigenvalue weighted by molar-refractivity contribution is 5.89. The molecule has 7 heteroatoms. The number of para-hydroxylation sites is 1. The number of fused-ring (bicyclic) bond motifs is 1. The quantitative estimate of drug-likeness (QED) is 0.582. The number of anilines is 2. The molecule has 0 saturated carbocycles. The molecule has 0 saturated heterocycles. The Kier molecular flexibility index (Phi) is 3.99. The van der Waals surface area contributed by atoms with Crippen molar-refractivity contribution in [3.05, 3.63) is 65.2 Å². The van der Waals surface area contributed by atoms with Crippen molar-refractivity contribution in [1.29, 1.82) is 0 Å². The summed E-state index contributed by atoms with van der Waals surface area (Å²) in [5.74, 6) is 0.979. The van der Waals surface area contributed by atoms with Gasteiger partial charge in [0.25, 0.3) is 5.56 Å². The molecular formula is C20H20N6O. The van der Waals surface area contributed by atoms with Crippen molar-refractivity contribution in [2.75, 3.05) is 5.32 Å². The lowest BCUT2D eigenvalue weighted by atomic mass is 10.1. The van der Waals surface area contributed by atoms with Crippen molar-refractivity contribution in [2.45, 2.75) is 26.3 Å². The van der Waals surface area contributed by atoms with Crippen LogP contribution in [-0.2, 0) is 5.54 Å². The standard InChI is InChI=1S/C20H20N6O/c1-20(2,3)26-18-15(17(25-26)22-14-7-5-4-6-8-14)19(27)24-16(23-18)13-9-11-21-12-10-13/h4-12H,1-3H3,(H,22,25)(H,23,24,27). The summed E-state index contributed by atoms with van der Waals surface area (Å²) < 4.78 is 1.79. The number of rotatable bonds is 3. The zero-order valence-electron chi connectivity index (χ0n) is 15.4. The Hall–Kier alpha value is -3.48. The van der Waals surface area contributed by atoms with E-state index >= 15 is 0 Å². The van der Waals surface area contributed by atoms with Gasteiger partial charge in [-0.1, -0.05) is 18.2 Å². The molecule has 0 aliphatic carbocycles. The normalized spacial score (nSPS) is 11.7. The van der Waals surface area contributed by atoms with Gasteiger partial charge in [-0.05, 0) is 45.0 Å². The minimum atomic E-state index is -0.342. The van der Waals surface area contributed by atoms with Gasteiger partial charge in [0, 0.05) is 23.6 Å². The van der Waals surface area contributed by atoms with Crippen molar-refractivity contribution < 1.29 is 0 Å². The zero-order chi connectivity index (χ0) is 19.0. The third kappa shape index (κ3) is 3.19. The molecule has 3 heterocycles. The number of pyridine rings is 1. The van der Waals surface area contributed by atoms with E-state index in [-0.39, 0.29) is 11.1 Å². The molecule has 3 aromatic heterocycles. The fraction of sp³-hybridized carbons (Fsp3) is 0.200. The van der Waals surface area contributed by atoms with Crippen molar-refractivity contribution in [3.63, 3.8) is 0 Å². The monoisotopic (exact) mass is 360 g/mol. The number of aromatic nitrogens is 5. The van der Waals surface area contributed by atoms with E-state index in [1.54, 1.807) is 17.1 Å². The highest BCUT2D eigenvalue weighted by Crippen LogP contribution is 2.27. The van der Waals surface area contributed by atoms with Crippen LogP contribution >= 0.6 is 0 Å². The highest BCUT2D eigenvalue weighted by Gasteiger charge is 2.24. The molecule has 27 heavy (non-hydrogen) atoms. The minimum Gasteiger partial charge on any atom is -0.338 e. The predicted octanol–water partition coefficient (Wildman–Crippen LogP) is 3.68. The van der Waals surface area contributed by atoms with Crippen LogP contribution in [0.25, 0.3) is 22.4 Å². The van der Waals surface area contributed by atoms with Gasteiger partial charge in [-0.25, -0.2) is 9.67 Å². The van der Waals surface area contributed by atoms with Crippen molar-refractivity contribution in [2.24, 2.45) is 0 Å². The van der Waals surface area contributed by atoms with Crippen LogP contribution in [0.5, 0.6) is 0 Å². The lowest BCUT2D eigenvalue weighted by molar-refractivity contribution is 0.367. The molecule has 0 fully saturated rings. The van der Waals surface area contributed by atoms with Gasteiger partial charge in [0.05, 0.1) is 5.54 Å². The third-order valence-electron chi connectivity index (χ3n) is 4.16. The van der Waals surface area contributed by atoms with E-state index in [4.69, 9.17) is 4.98 Å². The summed E-state index contributed by atoms with van der Waals surface area (Å²) in [6.45, 7) is 6.09. The van der Waals surface area contributed by atoms with Gasteiger partial charge >= 0.3 is 0 Å². The number of hydrogen-bond acceptors (Lipinski definition) is 5. The Labute approximate surface area is 156 Å². The fourth-order valence-corrected chi connectivity index (χ4v) is 2.89. The molecule has 0 atom stereocenters. The Balaban J connectivity index is 1.95. The van der Waals surface area contributed by atoms with E-state index in [9.17, 15) is 4.79 Å². The van der Waals surface area contributed by atoms with Gasteiger partial charge in [-0.3, -0.25) is 9.78 Å². The molecular weight excluding hydrogens is 340 g/mol. The van der Waals surface area contributed by atoms with Crippen LogP contribution in [0.15, 0.2) is 59.7 Å². The van der Waals surface area contributed by atoms with Crippen molar-refractivity contribution in [1.82, 2.24) is 24.7 Å². The largest absolute Gasteiger partial charge is 0.338 e. The van der Waals surface area contributed by atoms with Crippen LogP contribution in [0.1, 0.15) is 20.8 Å². The smallest absolute Gasteiger partial charge is 0.264 e. The second kappa shape index (κ2) is 6.35. The topological polar surface area (TPSA) is 88.5 Å². The zero-order valence-corrected chi connectivity index (χ0v) is 15.4. The first-order chi connectivity index (χ1) is 12.9. The fourth-order valence-electron chi connectivity index (χ4n) is 2.89. The minimum absolute atomic E-state index is 0.235. The van der Waals surface area contributed by atoms with Gasteiger partial charge < -0.3 is 10.3 Å². The first kappa shape index (κ1) is 17.0. The summed E-state index contributed by atoms with van der Waals surface area (Å²) in [5.41, 5.74) is 1.61. The van der Waals surface area contributed by atoms with E-state index in [0.29, 0.717) is 22.7 Å². The molecule has 4 aromatic rings. The molecule has 4 rings (SSSR count). The Bertz CT molecular complexity index is 1140. The molecule has 136 valence electrons. The van der Waals surface area contributed by atoms with Crippen LogP contribution < -0.4 is 10.9 Å². The third-order valence-corrected chi connectivity index (χ3v) is 4.16. The maximum Gasteiger partial charge on any atom is 0.264 e. The van der Waals surface area contributed by atoms with Crippen LogP contribution in [0.2, 0.25) is 0 Å². The Morgan fingerprint density at radius 1 is 1.04 bits per heavy atom. The maximum absolute atomic E-state index is 12.9. The average molecular weight is 360 g/mol. The predicted molar refractivity (Wildman–Crippen MR) is 106 cm³/mol. The van der Waals surface area contributed by atoms with Crippen LogP contribution in [0, 0.1) is 0 Å².